The van der Waals surface area contributed by atoms with Gasteiger partial charge in [-0.1, -0.05) is 49.1 Å². The van der Waals surface area contributed by atoms with E-state index in [0.717, 1.165) is 12.8 Å². The van der Waals surface area contributed by atoms with Gasteiger partial charge in [-0.15, -0.1) is 6.58 Å². The highest BCUT2D eigenvalue weighted by Gasteiger charge is 1.86. The Labute approximate surface area is 99.6 Å². The van der Waals surface area contributed by atoms with Gasteiger partial charge in [0.2, 0.25) is 0 Å². The van der Waals surface area contributed by atoms with E-state index in [4.69, 9.17) is 5.11 Å². The van der Waals surface area contributed by atoms with Gasteiger partial charge < -0.3 is 5.11 Å². The maximum absolute atomic E-state index is 9.06. The van der Waals surface area contributed by atoms with Crippen molar-refractivity contribution in [1.82, 2.24) is 0 Å². The van der Waals surface area contributed by atoms with E-state index < -0.39 is 6.10 Å². The Morgan fingerprint density at radius 1 is 1.06 bits per heavy atom. The Hall–Kier alpha value is -1.26. The van der Waals surface area contributed by atoms with Crippen LogP contribution >= 0.6 is 0 Å². The van der Waals surface area contributed by atoms with Gasteiger partial charge in [0.1, 0.15) is 6.10 Å². The fourth-order valence-corrected chi connectivity index (χ4v) is 1.21. The van der Waals surface area contributed by atoms with Crippen LogP contribution in [0.15, 0.2) is 37.5 Å². The van der Waals surface area contributed by atoms with Gasteiger partial charge in [0.25, 0.3) is 0 Å². The smallest absolute Gasteiger partial charge is 0.133 e. The van der Waals surface area contributed by atoms with E-state index in [-0.39, 0.29) is 0 Å². The maximum atomic E-state index is 9.06. The molecule has 1 nitrogen and oxygen atoms in total. The Balaban J connectivity index is 3.36. The van der Waals surface area contributed by atoms with E-state index >= 15 is 0 Å². The third-order valence-electron chi connectivity index (χ3n) is 2.14. The van der Waals surface area contributed by atoms with Crippen LogP contribution in [0.5, 0.6) is 0 Å². The normalized spacial score (nSPS) is 11.8. The van der Waals surface area contributed by atoms with Gasteiger partial charge in [-0.3, -0.25) is 0 Å². The minimum absolute atomic E-state index is 0.688. The summed E-state index contributed by atoms with van der Waals surface area (Å²) in [5, 5.41) is 9.06. The topological polar surface area (TPSA) is 20.2 Å². The van der Waals surface area contributed by atoms with E-state index in [0.29, 0.717) is 6.42 Å². The average Bonchev–Trinajstić information content (AvgIpc) is 2.31. The van der Waals surface area contributed by atoms with Crippen LogP contribution in [0, 0.1) is 11.8 Å². The number of unbranched alkanes of at least 4 members (excludes halogenated alkanes) is 4. The lowest BCUT2D eigenvalue weighted by Crippen LogP contribution is -1.94. The van der Waals surface area contributed by atoms with Crippen molar-refractivity contribution in [3.63, 3.8) is 0 Å². The first kappa shape index (κ1) is 14.7. The van der Waals surface area contributed by atoms with Crippen LogP contribution in [0.4, 0.5) is 0 Å². The zero-order chi connectivity index (χ0) is 12.1. The molecule has 1 heteroatoms. The fraction of sp³-hybridized carbons (Fsp3) is 0.467. The van der Waals surface area contributed by atoms with E-state index in [1.165, 1.54) is 25.3 Å². The van der Waals surface area contributed by atoms with Gasteiger partial charge in [-0.25, -0.2) is 0 Å². The Bertz CT molecular complexity index is 265. The molecular formula is C15H22O. The predicted molar refractivity (Wildman–Crippen MR) is 71.0 cm³/mol. The second-order valence-electron chi connectivity index (χ2n) is 3.60. The number of aliphatic hydroxyl groups excluding tert-OH is 1. The van der Waals surface area contributed by atoms with Crippen molar-refractivity contribution in [2.24, 2.45) is 0 Å². The molecule has 1 N–H and O–H groups in total. The summed E-state index contributed by atoms with van der Waals surface area (Å²) in [5.74, 6) is 5.55. The first-order valence-electron chi connectivity index (χ1n) is 5.86. The van der Waals surface area contributed by atoms with Crippen molar-refractivity contribution < 1.29 is 5.11 Å². The molecule has 88 valence electrons. The molecule has 0 spiro atoms. The third kappa shape index (κ3) is 10.8. The zero-order valence-electron chi connectivity index (χ0n) is 9.99. The minimum Gasteiger partial charge on any atom is -0.377 e. The van der Waals surface area contributed by atoms with Crippen molar-refractivity contribution in [3.8, 4) is 11.8 Å². The highest BCUT2D eigenvalue weighted by molar-refractivity contribution is 5.12. The molecule has 0 heterocycles. The van der Waals surface area contributed by atoms with Crippen LogP contribution in [-0.2, 0) is 0 Å². The highest BCUT2D eigenvalue weighted by Crippen LogP contribution is 2.03. The molecule has 0 aliphatic carbocycles. The molecule has 1 atom stereocenters. The molecule has 1 unspecified atom stereocenters. The van der Waals surface area contributed by atoms with Crippen molar-refractivity contribution in [2.75, 3.05) is 0 Å². The Morgan fingerprint density at radius 2 is 1.81 bits per heavy atom. The number of rotatable bonds is 8. The number of allylic oxidation sites excluding steroid dienone is 3. The van der Waals surface area contributed by atoms with Gasteiger partial charge in [0, 0.05) is 6.42 Å². The SMILES string of the molecule is C=CCCCCCC=CCC#CC(O)C=C. The maximum Gasteiger partial charge on any atom is 0.133 e. The molecule has 16 heavy (non-hydrogen) atoms. The van der Waals surface area contributed by atoms with Gasteiger partial charge in [0.15, 0.2) is 0 Å². The summed E-state index contributed by atoms with van der Waals surface area (Å²) in [6.45, 7) is 7.14. The molecule has 0 aliphatic heterocycles. The monoisotopic (exact) mass is 218 g/mol. The van der Waals surface area contributed by atoms with E-state index in [1.54, 1.807) is 0 Å². The fourth-order valence-electron chi connectivity index (χ4n) is 1.21. The molecule has 0 aromatic heterocycles. The third-order valence-corrected chi connectivity index (χ3v) is 2.14. The predicted octanol–water partition coefficient (Wildman–Crippen LogP) is 3.62. The number of hydrogen-bond acceptors (Lipinski definition) is 1. The van der Waals surface area contributed by atoms with Crippen molar-refractivity contribution in [1.29, 1.82) is 0 Å². The van der Waals surface area contributed by atoms with Crippen molar-refractivity contribution in [2.45, 2.75) is 44.6 Å². The molecule has 0 rings (SSSR count). The van der Waals surface area contributed by atoms with Crippen LogP contribution in [0.3, 0.4) is 0 Å². The standard InChI is InChI=1S/C15H22O/c1-3-5-6-7-8-9-10-11-12-13-14-15(16)4-2/h3-4,10-11,15-16H,1-2,5-9,12H2. The first-order chi connectivity index (χ1) is 7.81. The van der Waals surface area contributed by atoms with Crippen LogP contribution in [0.25, 0.3) is 0 Å². The lowest BCUT2D eigenvalue weighted by Gasteiger charge is -1.94. The Kier molecular flexibility index (Phi) is 10.9. The molecular weight excluding hydrogens is 196 g/mol. The molecule has 0 fully saturated rings. The van der Waals surface area contributed by atoms with Gasteiger partial charge >= 0.3 is 0 Å². The van der Waals surface area contributed by atoms with E-state index in [2.05, 4.69) is 37.2 Å². The second kappa shape index (κ2) is 11.8. The lowest BCUT2D eigenvalue weighted by molar-refractivity contribution is 0.281. The van der Waals surface area contributed by atoms with Crippen LogP contribution in [0.2, 0.25) is 0 Å². The number of aliphatic hydroxyl groups is 1. The summed E-state index contributed by atoms with van der Waals surface area (Å²) in [7, 11) is 0. The second-order valence-corrected chi connectivity index (χ2v) is 3.60. The summed E-state index contributed by atoms with van der Waals surface area (Å²) < 4.78 is 0. The first-order valence-corrected chi connectivity index (χ1v) is 5.86. The molecule has 0 saturated heterocycles. The highest BCUT2D eigenvalue weighted by atomic mass is 16.3. The van der Waals surface area contributed by atoms with Gasteiger partial charge in [0.05, 0.1) is 0 Å². The van der Waals surface area contributed by atoms with Crippen LogP contribution in [-0.4, -0.2) is 11.2 Å². The van der Waals surface area contributed by atoms with E-state index in [9.17, 15) is 0 Å². The van der Waals surface area contributed by atoms with Gasteiger partial charge in [-0.05, 0) is 25.7 Å². The molecule has 0 saturated carbocycles. The molecule has 0 amide bonds. The van der Waals surface area contributed by atoms with E-state index in [1.807, 2.05) is 6.08 Å². The summed E-state index contributed by atoms with van der Waals surface area (Å²) >= 11 is 0. The lowest BCUT2D eigenvalue weighted by atomic mass is 10.1. The zero-order valence-corrected chi connectivity index (χ0v) is 9.99. The largest absolute Gasteiger partial charge is 0.377 e. The average molecular weight is 218 g/mol. The van der Waals surface area contributed by atoms with Crippen LogP contribution in [0.1, 0.15) is 38.5 Å². The van der Waals surface area contributed by atoms with Crippen molar-refractivity contribution >= 4 is 0 Å². The molecule has 0 aromatic rings. The summed E-state index contributed by atoms with van der Waals surface area (Å²) in [4.78, 5) is 0. The minimum atomic E-state index is -0.688. The molecule has 0 radical (unpaired) electrons. The quantitative estimate of drug-likeness (QED) is 0.375. The van der Waals surface area contributed by atoms with Crippen LogP contribution < -0.4 is 0 Å². The number of hydrogen-bond donors (Lipinski definition) is 1. The summed E-state index contributed by atoms with van der Waals surface area (Å²) in [5.41, 5.74) is 0. The molecule has 0 aromatic carbocycles. The Morgan fingerprint density at radius 3 is 2.50 bits per heavy atom. The van der Waals surface area contributed by atoms with Gasteiger partial charge in [-0.2, -0.15) is 0 Å². The summed E-state index contributed by atoms with van der Waals surface area (Å²) in [6, 6.07) is 0. The molecule has 0 aliphatic rings. The molecule has 0 bridgehead atoms. The van der Waals surface area contributed by atoms with Crippen molar-refractivity contribution in [3.05, 3.63) is 37.5 Å². The summed E-state index contributed by atoms with van der Waals surface area (Å²) in [6.07, 6.45) is 13.6.